The maximum absolute atomic E-state index is 12.4. The Hall–Kier alpha value is -0.620. The van der Waals surface area contributed by atoms with Crippen molar-refractivity contribution < 1.29 is 32.0 Å². The van der Waals surface area contributed by atoms with Gasteiger partial charge in [-0.3, -0.25) is 4.52 Å². The standard InChI is InChI=1S/C9H14F3O4P/c1-3-5-8(6-4-2,7-9(10,11)12)16-17(13,14)15/h3-4H,1-2,5-7H2,(H2,13,14,15). The lowest BCUT2D eigenvalue weighted by Gasteiger charge is -2.32. The fourth-order valence-corrected chi connectivity index (χ4v) is 2.20. The summed E-state index contributed by atoms with van der Waals surface area (Å²) in [6.07, 6.45) is -4.55. The highest BCUT2D eigenvalue weighted by atomic mass is 31.2. The van der Waals surface area contributed by atoms with Gasteiger partial charge in [0.1, 0.15) is 0 Å². The zero-order valence-corrected chi connectivity index (χ0v) is 9.88. The number of phosphoric acid groups is 1. The van der Waals surface area contributed by atoms with Crippen LogP contribution in [0.4, 0.5) is 13.2 Å². The predicted octanol–water partition coefficient (Wildman–Crippen LogP) is 2.94. The highest BCUT2D eigenvalue weighted by Gasteiger charge is 2.45. The third-order valence-corrected chi connectivity index (χ3v) is 2.49. The Kier molecular flexibility index (Phi) is 5.61. The smallest absolute Gasteiger partial charge is 0.303 e. The molecule has 17 heavy (non-hydrogen) atoms. The SMILES string of the molecule is C=CCC(CC=C)(CC(F)(F)F)OP(=O)(O)O. The average Bonchev–Trinajstić information content (AvgIpc) is 1.96. The molecule has 100 valence electrons. The van der Waals surface area contributed by atoms with Crippen LogP contribution in [0.5, 0.6) is 0 Å². The first kappa shape index (κ1) is 16.4. The molecule has 0 atom stereocenters. The van der Waals surface area contributed by atoms with E-state index in [2.05, 4.69) is 17.7 Å². The van der Waals surface area contributed by atoms with Crippen molar-refractivity contribution in [3.63, 3.8) is 0 Å². The van der Waals surface area contributed by atoms with E-state index in [0.29, 0.717) is 0 Å². The Bertz CT molecular complexity index is 311. The van der Waals surface area contributed by atoms with Crippen LogP contribution in [0.15, 0.2) is 25.3 Å². The number of rotatable bonds is 7. The van der Waals surface area contributed by atoms with Gasteiger partial charge in [-0.05, 0) is 12.8 Å². The van der Waals surface area contributed by atoms with Crippen molar-refractivity contribution in [1.29, 1.82) is 0 Å². The first-order valence-electron chi connectivity index (χ1n) is 4.58. The van der Waals surface area contributed by atoms with Gasteiger partial charge >= 0.3 is 14.0 Å². The minimum absolute atomic E-state index is 0.344. The molecule has 2 N–H and O–H groups in total. The largest absolute Gasteiger partial charge is 0.470 e. The highest BCUT2D eigenvalue weighted by Crippen LogP contribution is 2.48. The highest BCUT2D eigenvalue weighted by molar-refractivity contribution is 7.46. The van der Waals surface area contributed by atoms with Gasteiger partial charge in [-0.2, -0.15) is 13.2 Å². The minimum atomic E-state index is -5.03. The molecular weight excluding hydrogens is 260 g/mol. The van der Waals surface area contributed by atoms with Crippen molar-refractivity contribution in [2.75, 3.05) is 0 Å². The van der Waals surface area contributed by atoms with Crippen LogP contribution in [-0.4, -0.2) is 21.6 Å². The van der Waals surface area contributed by atoms with E-state index >= 15 is 0 Å². The predicted molar refractivity (Wildman–Crippen MR) is 56.2 cm³/mol. The molecule has 0 aromatic heterocycles. The van der Waals surface area contributed by atoms with Crippen LogP contribution in [0.3, 0.4) is 0 Å². The monoisotopic (exact) mass is 274 g/mol. The van der Waals surface area contributed by atoms with E-state index in [1.54, 1.807) is 0 Å². The van der Waals surface area contributed by atoms with Crippen molar-refractivity contribution in [2.24, 2.45) is 0 Å². The van der Waals surface area contributed by atoms with E-state index < -0.39 is 26.0 Å². The Labute approximate surface area is 97.0 Å². The molecule has 0 aliphatic carbocycles. The van der Waals surface area contributed by atoms with Gasteiger partial charge in [0.25, 0.3) is 0 Å². The van der Waals surface area contributed by atoms with E-state index in [1.165, 1.54) is 0 Å². The van der Waals surface area contributed by atoms with E-state index in [0.717, 1.165) is 12.2 Å². The molecule has 0 radical (unpaired) electrons. The Balaban J connectivity index is 5.17. The maximum Gasteiger partial charge on any atom is 0.470 e. The molecule has 8 heteroatoms. The van der Waals surface area contributed by atoms with Crippen LogP contribution < -0.4 is 0 Å². The lowest BCUT2D eigenvalue weighted by molar-refractivity contribution is -0.171. The second-order valence-corrected chi connectivity index (χ2v) is 4.71. The first-order chi connectivity index (χ1) is 7.54. The number of halogens is 3. The van der Waals surface area contributed by atoms with Crippen molar-refractivity contribution in [3.05, 3.63) is 25.3 Å². The van der Waals surface area contributed by atoms with Crippen LogP contribution in [0.25, 0.3) is 0 Å². The van der Waals surface area contributed by atoms with E-state index in [-0.39, 0.29) is 12.8 Å². The maximum atomic E-state index is 12.4. The average molecular weight is 274 g/mol. The molecule has 0 aliphatic rings. The second-order valence-electron chi connectivity index (χ2n) is 3.54. The van der Waals surface area contributed by atoms with Gasteiger partial charge in [0.15, 0.2) is 0 Å². The van der Waals surface area contributed by atoms with Crippen LogP contribution in [0.2, 0.25) is 0 Å². The summed E-state index contributed by atoms with van der Waals surface area (Å²) in [5.41, 5.74) is -2.05. The molecule has 0 aliphatic heterocycles. The van der Waals surface area contributed by atoms with E-state index in [4.69, 9.17) is 9.79 Å². The zero-order chi connectivity index (χ0) is 13.7. The molecule has 0 saturated heterocycles. The summed E-state index contributed by atoms with van der Waals surface area (Å²) in [5, 5.41) is 0. The molecule has 0 unspecified atom stereocenters. The second kappa shape index (κ2) is 5.82. The fraction of sp³-hybridized carbons (Fsp3) is 0.556. The number of phosphoric ester groups is 1. The van der Waals surface area contributed by atoms with Gasteiger partial charge in [-0.1, -0.05) is 12.2 Å². The summed E-state index contributed by atoms with van der Waals surface area (Å²) in [6.45, 7) is 6.51. The van der Waals surface area contributed by atoms with Gasteiger partial charge in [0.2, 0.25) is 0 Å². The summed E-state index contributed by atoms with van der Waals surface area (Å²) in [6, 6.07) is 0. The number of hydrogen-bond acceptors (Lipinski definition) is 2. The third-order valence-electron chi connectivity index (χ3n) is 1.87. The van der Waals surface area contributed by atoms with E-state index in [1.807, 2.05) is 0 Å². The normalized spacial score (nSPS) is 13.5. The van der Waals surface area contributed by atoms with Gasteiger partial charge in [0, 0.05) is 0 Å². The Morgan fingerprint density at radius 1 is 1.18 bits per heavy atom. The quantitative estimate of drug-likeness (QED) is 0.553. The molecule has 0 spiro atoms. The van der Waals surface area contributed by atoms with Crippen LogP contribution in [0.1, 0.15) is 19.3 Å². The van der Waals surface area contributed by atoms with Gasteiger partial charge in [-0.25, -0.2) is 4.57 Å². The summed E-state index contributed by atoms with van der Waals surface area (Å²) in [7, 11) is -5.03. The molecule has 4 nitrogen and oxygen atoms in total. The first-order valence-corrected chi connectivity index (χ1v) is 6.11. The molecule has 0 rings (SSSR count). The third kappa shape index (κ3) is 7.33. The van der Waals surface area contributed by atoms with Crippen LogP contribution >= 0.6 is 7.82 Å². The molecule has 0 aromatic rings. The lowest BCUT2D eigenvalue weighted by Crippen LogP contribution is -2.36. The molecule has 0 bridgehead atoms. The molecule has 0 saturated carbocycles. The molecular formula is C9H14F3O4P. The van der Waals surface area contributed by atoms with Gasteiger partial charge in [-0.15, -0.1) is 13.2 Å². The van der Waals surface area contributed by atoms with Crippen molar-refractivity contribution in [1.82, 2.24) is 0 Å². The number of hydrogen-bond donors (Lipinski definition) is 2. The van der Waals surface area contributed by atoms with Gasteiger partial charge in [0.05, 0.1) is 12.0 Å². The minimum Gasteiger partial charge on any atom is -0.303 e. The topological polar surface area (TPSA) is 66.8 Å². The van der Waals surface area contributed by atoms with Crippen LogP contribution in [0, 0.1) is 0 Å². The molecule has 0 fully saturated rings. The Morgan fingerprint density at radius 2 is 1.59 bits per heavy atom. The summed E-state index contributed by atoms with van der Waals surface area (Å²) < 4.78 is 52.1. The summed E-state index contributed by atoms with van der Waals surface area (Å²) in [5.74, 6) is 0. The van der Waals surface area contributed by atoms with Gasteiger partial charge < -0.3 is 9.79 Å². The van der Waals surface area contributed by atoms with Crippen molar-refractivity contribution in [3.8, 4) is 0 Å². The zero-order valence-electron chi connectivity index (χ0n) is 8.98. The molecule has 0 heterocycles. The molecule has 0 amide bonds. The fourth-order valence-electron chi connectivity index (χ4n) is 1.48. The summed E-state index contributed by atoms with van der Waals surface area (Å²) in [4.78, 5) is 17.3. The number of alkyl halides is 3. The lowest BCUT2D eigenvalue weighted by atomic mass is 9.91. The van der Waals surface area contributed by atoms with Crippen molar-refractivity contribution in [2.45, 2.75) is 31.0 Å². The Morgan fingerprint density at radius 3 is 1.82 bits per heavy atom. The van der Waals surface area contributed by atoms with E-state index in [9.17, 15) is 17.7 Å². The van der Waals surface area contributed by atoms with Crippen molar-refractivity contribution >= 4 is 7.82 Å². The molecule has 0 aromatic carbocycles. The van der Waals surface area contributed by atoms with Crippen LogP contribution in [-0.2, 0) is 9.09 Å². The summed E-state index contributed by atoms with van der Waals surface area (Å²) >= 11 is 0.